The van der Waals surface area contributed by atoms with Crippen molar-refractivity contribution in [1.29, 1.82) is 0 Å². The number of likely N-dealkylation sites (tertiary alicyclic amines) is 1. The second kappa shape index (κ2) is 15.0. The summed E-state index contributed by atoms with van der Waals surface area (Å²) >= 11 is 0. The van der Waals surface area contributed by atoms with Gasteiger partial charge in [0.25, 0.3) is 11.8 Å². The van der Waals surface area contributed by atoms with E-state index in [2.05, 4.69) is 57.6 Å². The second-order valence-electron chi connectivity index (χ2n) is 17.4. The Balaban J connectivity index is 1.26. The Hall–Kier alpha value is -4.18. The normalized spacial score (nSPS) is 28.7. The minimum atomic E-state index is -4.12. The summed E-state index contributed by atoms with van der Waals surface area (Å²) in [4.78, 5) is 80.3. The topological polar surface area (TPSA) is 200 Å². The fourth-order valence-corrected chi connectivity index (χ4v) is 11.5. The van der Waals surface area contributed by atoms with Crippen molar-refractivity contribution in [1.82, 2.24) is 39.8 Å². The number of hydrogen-bond donors (Lipinski definition) is 4. The van der Waals surface area contributed by atoms with Crippen molar-refractivity contribution < 1.29 is 32.4 Å². The van der Waals surface area contributed by atoms with E-state index in [4.69, 9.17) is 0 Å². The minimum absolute atomic E-state index is 0.0484. The molecule has 0 radical (unpaired) electrons. The molecule has 4 N–H and O–H groups in total. The summed E-state index contributed by atoms with van der Waals surface area (Å²) in [7, 11) is -4.12. The lowest BCUT2D eigenvalue weighted by atomic mass is 9.73. The first-order chi connectivity index (χ1) is 26.3. The molecular formula is C40H58N8O7S. The molecule has 5 amide bonds. The zero-order chi connectivity index (χ0) is 41.0. The summed E-state index contributed by atoms with van der Waals surface area (Å²) in [5, 5.41) is 8.56. The minimum Gasteiger partial charge on any atom is -0.339 e. The zero-order valence-corrected chi connectivity index (χ0v) is 34.4. The highest BCUT2D eigenvalue weighted by molar-refractivity contribution is 7.87. The predicted molar refractivity (Wildman–Crippen MR) is 209 cm³/mol. The van der Waals surface area contributed by atoms with Gasteiger partial charge in [-0.05, 0) is 81.1 Å². The molecule has 6 rings (SSSR count). The van der Waals surface area contributed by atoms with Crippen LogP contribution in [0.25, 0.3) is 0 Å². The molecule has 15 nitrogen and oxygen atoms in total. The molecule has 5 aliphatic rings. The average molecular weight is 795 g/mol. The van der Waals surface area contributed by atoms with Crippen LogP contribution in [0.5, 0.6) is 0 Å². The molecule has 2 aliphatic heterocycles. The highest BCUT2D eigenvalue weighted by Gasteiger charge is 2.85. The summed E-state index contributed by atoms with van der Waals surface area (Å²) < 4.78 is 29.6. The summed E-state index contributed by atoms with van der Waals surface area (Å²) in [6, 6.07) is -3.27. The molecule has 1 unspecified atom stereocenters. The van der Waals surface area contributed by atoms with Gasteiger partial charge in [-0.2, -0.15) is 12.7 Å². The summed E-state index contributed by atoms with van der Waals surface area (Å²) in [5.41, 5.74) is -1.14. The summed E-state index contributed by atoms with van der Waals surface area (Å²) in [6.07, 6.45) is 10.6. The number of nitrogens with zero attached hydrogens (tertiary/aromatic N) is 4. The lowest BCUT2D eigenvalue weighted by Crippen LogP contribution is -2.60. The fraction of sp³-hybridized carbons (Fsp3) is 0.675. The third-order valence-electron chi connectivity index (χ3n) is 14.0. The Morgan fingerprint density at radius 1 is 1.02 bits per heavy atom. The van der Waals surface area contributed by atoms with E-state index in [9.17, 15) is 32.4 Å². The van der Waals surface area contributed by atoms with Crippen molar-refractivity contribution in [2.75, 3.05) is 19.6 Å². The number of carbonyl (C=O) groups excluding carboxylic acids is 5. The average Bonchev–Trinajstić information content (AvgIpc) is 3.59. The molecular weight excluding hydrogens is 737 g/mol. The number of fused-ring (bicyclic) bond motifs is 1. The van der Waals surface area contributed by atoms with Gasteiger partial charge in [0.1, 0.15) is 29.4 Å². The van der Waals surface area contributed by atoms with Crippen LogP contribution >= 0.6 is 0 Å². The van der Waals surface area contributed by atoms with E-state index in [0.29, 0.717) is 50.0 Å². The van der Waals surface area contributed by atoms with Gasteiger partial charge in [-0.1, -0.05) is 53.2 Å². The molecule has 0 bridgehead atoms. The highest BCUT2D eigenvalue weighted by Crippen LogP contribution is 2.88. The van der Waals surface area contributed by atoms with E-state index in [-0.39, 0.29) is 40.8 Å². The zero-order valence-electron chi connectivity index (χ0n) is 33.6. The Morgan fingerprint density at radius 3 is 2.21 bits per heavy atom. The lowest BCUT2D eigenvalue weighted by molar-refractivity contribution is -0.142. The van der Waals surface area contributed by atoms with Crippen LogP contribution in [0.1, 0.15) is 109 Å². The molecule has 1 aromatic heterocycles. The van der Waals surface area contributed by atoms with Crippen molar-refractivity contribution in [3.63, 3.8) is 0 Å². The van der Waals surface area contributed by atoms with Crippen LogP contribution in [0.4, 0.5) is 0 Å². The number of aromatic nitrogens is 2. The van der Waals surface area contributed by atoms with Gasteiger partial charge in [-0.15, -0.1) is 6.58 Å². The van der Waals surface area contributed by atoms with E-state index in [1.54, 1.807) is 13.8 Å². The van der Waals surface area contributed by atoms with Crippen LogP contribution < -0.4 is 20.7 Å². The van der Waals surface area contributed by atoms with E-state index in [0.717, 1.165) is 25.7 Å². The standard InChI is InChI=1S/C40H58N8O7S/c1-9-14-25(5)31(44-32(49)28-22-41-26(6)21-42-28)34(51)43-30(24(3)4)35(52)48-23-39(37(7,8)38(39)15-13-16-38)20-29(48)33(50)45-40(19-27(40)10-2)36(53)46-56(54,55)47-17-11-12-18-47/h10,21-22,25,27,29-31H,2-3,9,11-20,23H2,1,4-8H3,(H,43,51)(H,44,49)(H,45,50)(H,46,53)/t25?,27-,29+,30+,31+,39-,40-/m1/s1. The Kier molecular flexibility index (Phi) is 11.1. The van der Waals surface area contributed by atoms with E-state index >= 15 is 0 Å². The molecule has 2 spiro atoms. The van der Waals surface area contributed by atoms with Crippen LogP contribution in [-0.2, 0) is 29.4 Å². The smallest absolute Gasteiger partial charge is 0.303 e. The predicted octanol–water partition coefficient (Wildman–Crippen LogP) is 2.70. The van der Waals surface area contributed by atoms with Gasteiger partial charge in [0.15, 0.2) is 0 Å². The fourth-order valence-electron chi connectivity index (χ4n) is 10.2. The SMILES string of the molecule is C=C[C@@H]1C[C@]1(NC(=O)[C@@H]1C[C@@]2(CN1C(=O)[C@@H](NC(=O)[C@@H](NC(=O)c1cnc(C)cn1)C(C)CCC)C(=C)C)C(C)(C)C21CCC1)C(=O)NS(=O)(=O)N1CCCC1. The monoisotopic (exact) mass is 794 g/mol. The van der Waals surface area contributed by atoms with Crippen LogP contribution in [0.3, 0.4) is 0 Å². The summed E-state index contributed by atoms with van der Waals surface area (Å²) in [6.45, 7) is 20.3. The maximum Gasteiger partial charge on any atom is 0.303 e. The molecule has 7 atom stereocenters. The van der Waals surface area contributed by atoms with Crippen LogP contribution in [-0.4, -0.2) is 100 Å². The molecule has 16 heteroatoms. The number of rotatable bonds is 15. The Morgan fingerprint density at radius 2 is 1.70 bits per heavy atom. The molecule has 5 fully saturated rings. The van der Waals surface area contributed by atoms with Crippen molar-refractivity contribution in [3.05, 3.63) is 48.6 Å². The molecule has 56 heavy (non-hydrogen) atoms. The number of amides is 5. The molecule has 0 aromatic carbocycles. The first-order valence-corrected chi connectivity index (χ1v) is 21.4. The van der Waals surface area contributed by atoms with Crippen molar-refractivity contribution >= 4 is 39.7 Å². The quantitative estimate of drug-likeness (QED) is 0.193. The van der Waals surface area contributed by atoms with Crippen molar-refractivity contribution in [2.45, 2.75) is 123 Å². The number of hydrogen-bond acceptors (Lipinski definition) is 9. The molecule has 3 saturated carbocycles. The molecule has 306 valence electrons. The molecule has 3 aliphatic carbocycles. The lowest BCUT2D eigenvalue weighted by Gasteiger charge is -2.33. The third-order valence-corrected chi connectivity index (χ3v) is 15.5. The number of carbonyl (C=O) groups is 5. The van der Waals surface area contributed by atoms with E-state index in [1.165, 1.54) is 27.7 Å². The first-order valence-electron chi connectivity index (χ1n) is 19.9. The number of nitrogens with one attached hydrogen (secondary N) is 4. The second-order valence-corrected chi connectivity index (χ2v) is 19.1. The maximum atomic E-state index is 14.8. The molecule has 3 heterocycles. The van der Waals surface area contributed by atoms with Crippen molar-refractivity contribution in [2.24, 2.45) is 28.1 Å². The van der Waals surface area contributed by atoms with E-state index < -0.39 is 69.3 Å². The van der Waals surface area contributed by atoms with E-state index in [1.807, 2.05) is 13.8 Å². The third kappa shape index (κ3) is 6.83. The molecule has 2 saturated heterocycles. The van der Waals surface area contributed by atoms with Gasteiger partial charge in [0.2, 0.25) is 17.7 Å². The Labute approximate surface area is 330 Å². The Bertz CT molecular complexity index is 1910. The highest BCUT2D eigenvalue weighted by atomic mass is 32.2. The first kappa shape index (κ1) is 41.5. The number of aryl methyl sites for hydroxylation is 1. The summed E-state index contributed by atoms with van der Waals surface area (Å²) in [5.74, 6) is -3.92. The van der Waals surface area contributed by atoms with Gasteiger partial charge < -0.3 is 20.9 Å². The maximum absolute atomic E-state index is 14.8. The van der Waals surface area contributed by atoms with Gasteiger partial charge >= 0.3 is 10.2 Å². The van der Waals surface area contributed by atoms with Crippen molar-refractivity contribution in [3.8, 4) is 0 Å². The molecule has 1 aromatic rings. The van der Waals surface area contributed by atoms with Gasteiger partial charge in [0.05, 0.1) is 11.9 Å². The van der Waals surface area contributed by atoms with Crippen LogP contribution in [0, 0.1) is 35.0 Å². The van der Waals surface area contributed by atoms with Gasteiger partial charge in [-0.25, -0.2) is 9.71 Å². The van der Waals surface area contributed by atoms with Gasteiger partial charge in [-0.3, -0.25) is 29.0 Å². The van der Waals surface area contributed by atoms with Gasteiger partial charge in [0, 0.05) is 37.2 Å². The van der Waals surface area contributed by atoms with Crippen LogP contribution in [0.15, 0.2) is 37.2 Å². The largest absolute Gasteiger partial charge is 0.339 e. The van der Waals surface area contributed by atoms with Crippen LogP contribution in [0.2, 0.25) is 0 Å².